The molecule has 0 N–H and O–H groups in total. The van der Waals surface area contributed by atoms with Crippen molar-refractivity contribution in [2.75, 3.05) is 19.6 Å². The molecule has 0 bridgehead atoms. The van der Waals surface area contributed by atoms with Crippen molar-refractivity contribution < 1.29 is 0 Å². The lowest BCUT2D eigenvalue weighted by Crippen LogP contribution is -2.33. The van der Waals surface area contributed by atoms with Gasteiger partial charge in [0.2, 0.25) is 0 Å². The first-order chi connectivity index (χ1) is 14.5. The van der Waals surface area contributed by atoms with Gasteiger partial charge in [0.15, 0.2) is 11.3 Å². The summed E-state index contributed by atoms with van der Waals surface area (Å²) >= 11 is 0. The first kappa shape index (κ1) is 18.9. The number of aryl methyl sites for hydroxylation is 2. The van der Waals surface area contributed by atoms with Gasteiger partial charge in [-0.05, 0) is 58.5 Å². The molecule has 0 atom stereocenters. The van der Waals surface area contributed by atoms with Gasteiger partial charge in [-0.3, -0.25) is 14.2 Å². The monoisotopic (exact) mass is 403 g/mol. The maximum absolute atomic E-state index is 13.0. The van der Waals surface area contributed by atoms with Gasteiger partial charge in [-0.2, -0.15) is 5.10 Å². The number of nitrogens with zero attached hydrogens (tertiary/aromatic N) is 7. The van der Waals surface area contributed by atoms with Crippen LogP contribution in [-0.4, -0.2) is 53.5 Å². The predicted octanol–water partition coefficient (Wildman–Crippen LogP) is 2.62. The second-order valence-corrected chi connectivity index (χ2v) is 8.04. The summed E-state index contributed by atoms with van der Waals surface area (Å²) in [4.78, 5) is 29.4. The summed E-state index contributed by atoms with van der Waals surface area (Å²) in [5.41, 5.74) is 5.06. The fourth-order valence-electron chi connectivity index (χ4n) is 4.29. The van der Waals surface area contributed by atoms with E-state index in [2.05, 4.69) is 21.9 Å². The quantitative estimate of drug-likeness (QED) is 0.523. The highest BCUT2D eigenvalue weighted by atomic mass is 16.1. The Bertz CT molecular complexity index is 1300. The molecule has 1 fully saturated rings. The van der Waals surface area contributed by atoms with E-state index < -0.39 is 0 Å². The summed E-state index contributed by atoms with van der Waals surface area (Å²) in [6.07, 6.45) is 5.87. The van der Waals surface area contributed by atoms with Crippen molar-refractivity contribution in [3.05, 3.63) is 58.0 Å². The molecule has 0 aliphatic carbocycles. The van der Waals surface area contributed by atoms with E-state index >= 15 is 0 Å². The number of piperidine rings is 1. The van der Waals surface area contributed by atoms with Gasteiger partial charge in [0.25, 0.3) is 5.56 Å². The molecular formula is C22H25N7O. The number of likely N-dealkylation sites (tertiary alicyclic amines) is 1. The normalized spacial score (nSPS) is 16.0. The molecule has 8 heteroatoms. The van der Waals surface area contributed by atoms with Crippen molar-refractivity contribution in [1.29, 1.82) is 0 Å². The zero-order valence-electron chi connectivity index (χ0n) is 17.5. The lowest BCUT2D eigenvalue weighted by Gasteiger charge is -2.30. The SMILES string of the molecule is CCN1CCC(c2cn3c(=O)cc(-c4ccc5nc(C)cn5n4)nc3c(C)n2)CC1. The molecule has 5 heterocycles. The van der Waals surface area contributed by atoms with Gasteiger partial charge < -0.3 is 4.90 Å². The summed E-state index contributed by atoms with van der Waals surface area (Å²) < 4.78 is 3.35. The first-order valence-electron chi connectivity index (χ1n) is 10.5. The molecular weight excluding hydrogens is 378 g/mol. The van der Waals surface area contributed by atoms with Crippen LogP contribution in [-0.2, 0) is 0 Å². The molecule has 0 spiro atoms. The topological polar surface area (TPSA) is 80.7 Å². The van der Waals surface area contributed by atoms with Crippen LogP contribution in [0.25, 0.3) is 22.7 Å². The molecule has 0 amide bonds. The molecule has 4 aromatic heterocycles. The molecule has 0 aromatic carbocycles. The van der Waals surface area contributed by atoms with Gasteiger partial charge in [-0.25, -0.2) is 14.5 Å². The summed E-state index contributed by atoms with van der Waals surface area (Å²) in [6, 6.07) is 5.28. The Hall–Kier alpha value is -3.13. The van der Waals surface area contributed by atoms with Crippen LogP contribution >= 0.6 is 0 Å². The van der Waals surface area contributed by atoms with Crippen molar-refractivity contribution >= 4 is 11.3 Å². The lowest BCUT2D eigenvalue weighted by molar-refractivity contribution is 0.220. The van der Waals surface area contributed by atoms with Gasteiger partial charge >= 0.3 is 0 Å². The average Bonchev–Trinajstić information content (AvgIpc) is 3.13. The van der Waals surface area contributed by atoms with Crippen LogP contribution in [0.5, 0.6) is 0 Å². The Balaban J connectivity index is 1.55. The number of fused-ring (bicyclic) bond motifs is 2. The van der Waals surface area contributed by atoms with E-state index in [-0.39, 0.29) is 5.56 Å². The molecule has 1 aliphatic rings. The smallest absolute Gasteiger partial charge is 0.258 e. The van der Waals surface area contributed by atoms with Crippen LogP contribution in [0.15, 0.2) is 35.4 Å². The highest BCUT2D eigenvalue weighted by molar-refractivity contribution is 5.59. The Morgan fingerprint density at radius 2 is 1.83 bits per heavy atom. The third-order valence-corrected chi connectivity index (χ3v) is 5.99. The van der Waals surface area contributed by atoms with Gasteiger partial charge in [0.1, 0.15) is 5.69 Å². The fraction of sp³-hybridized carbons (Fsp3) is 0.409. The Morgan fingerprint density at radius 3 is 2.60 bits per heavy atom. The van der Waals surface area contributed by atoms with Crippen molar-refractivity contribution in [2.45, 2.75) is 39.5 Å². The van der Waals surface area contributed by atoms with E-state index in [0.29, 0.717) is 23.0 Å². The highest BCUT2D eigenvalue weighted by Crippen LogP contribution is 2.27. The standard InChI is InChI=1S/C22H25N7O/c1-4-27-9-7-16(8-10-27)19-13-28-21(30)11-18(25-22(28)15(3)24-19)17-5-6-20-23-14(2)12-29(20)26-17/h5-6,11-13,16H,4,7-10H2,1-3H3. The largest absolute Gasteiger partial charge is 0.304 e. The van der Waals surface area contributed by atoms with Crippen LogP contribution in [0, 0.1) is 13.8 Å². The number of imidazole rings is 1. The lowest BCUT2D eigenvalue weighted by atomic mass is 9.93. The molecule has 4 aromatic rings. The maximum atomic E-state index is 13.0. The predicted molar refractivity (Wildman–Crippen MR) is 115 cm³/mol. The van der Waals surface area contributed by atoms with Crippen LogP contribution in [0.2, 0.25) is 0 Å². The minimum atomic E-state index is -0.114. The number of hydrogen-bond donors (Lipinski definition) is 0. The summed E-state index contributed by atoms with van der Waals surface area (Å²) in [5, 5.41) is 4.57. The second kappa shape index (κ2) is 7.28. The van der Waals surface area contributed by atoms with Gasteiger partial charge in [-0.15, -0.1) is 0 Å². The number of hydrogen-bond acceptors (Lipinski definition) is 6. The zero-order valence-corrected chi connectivity index (χ0v) is 17.5. The van der Waals surface area contributed by atoms with Crippen LogP contribution in [0.4, 0.5) is 0 Å². The molecule has 8 nitrogen and oxygen atoms in total. The van der Waals surface area contributed by atoms with E-state index in [1.54, 1.807) is 15.0 Å². The molecule has 5 rings (SSSR count). The first-order valence-corrected chi connectivity index (χ1v) is 10.5. The molecule has 0 radical (unpaired) electrons. The third kappa shape index (κ3) is 3.27. The zero-order chi connectivity index (χ0) is 20.8. The maximum Gasteiger partial charge on any atom is 0.258 e. The van der Waals surface area contributed by atoms with E-state index in [1.807, 2.05) is 38.4 Å². The van der Waals surface area contributed by atoms with E-state index in [4.69, 9.17) is 9.97 Å². The van der Waals surface area contributed by atoms with Gasteiger partial charge in [0.05, 0.1) is 29.0 Å². The molecule has 1 saturated heterocycles. The summed E-state index contributed by atoms with van der Waals surface area (Å²) in [7, 11) is 0. The van der Waals surface area contributed by atoms with E-state index in [0.717, 1.165) is 55.2 Å². The van der Waals surface area contributed by atoms with Crippen molar-refractivity contribution in [3.63, 3.8) is 0 Å². The second-order valence-electron chi connectivity index (χ2n) is 8.04. The fourth-order valence-corrected chi connectivity index (χ4v) is 4.29. The van der Waals surface area contributed by atoms with Crippen molar-refractivity contribution in [1.82, 2.24) is 33.9 Å². The molecule has 154 valence electrons. The Morgan fingerprint density at radius 1 is 1.03 bits per heavy atom. The molecule has 1 aliphatic heterocycles. The van der Waals surface area contributed by atoms with Crippen LogP contribution < -0.4 is 5.56 Å². The Kier molecular flexibility index (Phi) is 4.58. The van der Waals surface area contributed by atoms with E-state index in [9.17, 15) is 4.79 Å². The van der Waals surface area contributed by atoms with Crippen LogP contribution in [0.3, 0.4) is 0 Å². The minimum absolute atomic E-state index is 0.114. The number of rotatable bonds is 3. The average molecular weight is 403 g/mol. The summed E-state index contributed by atoms with van der Waals surface area (Å²) in [5.74, 6) is 0.385. The minimum Gasteiger partial charge on any atom is -0.304 e. The molecule has 0 saturated carbocycles. The number of aromatic nitrogens is 6. The molecule has 30 heavy (non-hydrogen) atoms. The van der Waals surface area contributed by atoms with E-state index in [1.165, 1.54) is 0 Å². The third-order valence-electron chi connectivity index (χ3n) is 5.99. The van der Waals surface area contributed by atoms with Gasteiger partial charge in [0, 0.05) is 18.2 Å². The van der Waals surface area contributed by atoms with Crippen molar-refractivity contribution in [3.8, 4) is 11.4 Å². The highest BCUT2D eigenvalue weighted by Gasteiger charge is 2.22. The van der Waals surface area contributed by atoms with Crippen LogP contribution in [0.1, 0.15) is 42.8 Å². The Labute approximate surface area is 174 Å². The summed E-state index contributed by atoms with van der Waals surface area (Å²) in [6.45, 7) is 9.28. The molecule has 0 unspecified atom stereocenters. The van der Waals surface area contributed by atoms with Gasteiger partial charge in [-0.1, -0.05) is 6.92 Å². The van der Waals surface area contributed by atoms with Crippen molar-refractivity contribution in [2.24, 2.45) is 0 Å².